The van der Waals surface area contributed by atoms with Crippen molar-refractivity contribution < 1.29 is 0 Å². The van der Waals surface area contributed by atoms with Gasteiger partial charge in [0.25, 0.3) is 0 Å². The van der Waals surface area contributed by atoms with Crippen molar-refractivity contribution in [1.82, 2.24) is 0 Å². The monoisotopic (exact) mass is 270 g/mol. The van der Waals surface area contributed by atoms with Crippen LogP contribution < -0.4 is 17.2 Å². The zero-order valence-electron chi connectivity index (χ0n) is 11.1. The fraction of sp³-hybridized carbons (Fsp3) is 0.214. The van der Waals surface area contributed by atoms with Crippen molar-refractivity contribution in [3.05, 3.63) is 47.3 Å². The van der Waals surface area contributed by atoms with E-state index in [9.17, 15) is 0 Å². The van der Waals surface area contributed by atoms with E-state index in [1.165, 1.54) is 6.20 Å². The summed E-state index contributed by atoms with van der Waals surface area (Å²) in [5, 5.41) is 15.8. The van der Waals surface area contributed by atoms with Crippen LogP contribution in [0.5, 0.6) is 0 Å². The Kier molecular flexibility index (Phi) is 3.95. The second kappa shape index (κ2) is 5.66. The average molecular weight is 270 g/mol. The summed E-state index contributed by atoms with van der Waals surface area (Å²) < 4.78 is 0. The van der Waals surface area contributed by atoms with Crippen molar-refractivity contribution in [2.75, 3.05) is 6.54 Å². The fourth-order valence-corrected chi connectivity index (χ4v) is 2.26. The highest BCUT2D eigenvalue weighted by Crippen LogP contribution is 2.30. The molecular formula is C14H18N6. The molecular weight excluding hydrogens is 252 g/mol. The lowest BCUT2D eigenvalue weighted by Crippen LogP contribution is -2.30. The third kappa shape index (κ3) is 2.46. The summed E-state index contributed by atoms with van der Waals surface area (Å²) in [5.74, 6) is 0.0927. The minimum atomic E-state index is -0.253. The molecule has 0 aromatic carbocycles. The molecule has 1 atom stereocenters. The average Bonchev–Trinajstić information content (AvgIpc) is 2.42. The Labute approximate surface area is 117 Å². The topological polar surface area (TPSA) is 138 Å². The van der Waals surface area contributed by atoms with Crippen molar-refractivity contribution in [1.29, 1.82) is 10.8 Å². The standard InChI is InChI=1S/C14H18N6/c15-5-4-8-6-10(11(7-16)14(19)20-8)9-2-1-3-12(17)13(9)18/h1-3,6-7,10,17-18H,4-5,15-16H2,(H2,19,20)/b11-7-,17-12?,18-13?. The molecule has 2 aliphatic rings. The predicted molar refractivity (Wildman–Crippen MR) is 81.8 cm³/mol. The van der Waals surface area contributed by atoms with Gasteiger partial charge in [-0.1, -0.05) is 18.2 Å². The quantitative estimate of drug-likeness (QED) is 0.479. The Morgan fingerprint density at radius 3 is 2.75 bits per heavy atom. The molecule has 0 aromatic rings. The van der Waals surface area contributed by atoms with E-state index in [1.807, 2.05) is 12.2 Å². The number of amidine groups is 1. The first-order chi connectivity index (χ1) is 9.58. The fourth-order valence-electron chi connectivity index (χ4n) is 2.26. The minimum Gasteiger partial charge on any atom is -0.404 e. The van der Waals surface area contributed by atoms with Gasteiger partial charge in [0.05, 0.1) is 11.4 Å². The number of hydrogen-bond donors (Lipinski definition) is 5. The maximum Gasteiger partial charge on any atom is 0.129 e. The highest BCUT2D eigenvalue weighted by Gasteiger charge is 2.28. The molecule has 1 unspecified atom stereocenters. The lowest BCUT2D eigenvalue weighted by atomic mass is 9.82. The SMILES string of the molecule is N=C1C=CC=C(C2C=C(CCN)N=C(N)/C2=C\N)C1=N. The predicted octanol–water partition coefficient (Wildman–Crippen LogP) is 0.584. The van der Waals surface area contributed by atoms with E-state index < -0.39 is 0 Å². The number of rotatable bonds is 3. The van der Waals surface area contributed by atoms with Crippen LogP contribution in [0, 0.1) is 16.7 Å². The number of hydrogen-bond acceptors (Lipinski definition) is 6. The number of nitrogens with one attached hydrogen (secondary N) is 2. The van der Waals surface area contributed by atoms with Gasteiger partial charge in [-0.2, -0.15) is 0 Å². The molecule has 2 rings (SSSR count). The number of nitrogens with two attached hydrogens (primary N) is 3. The van der Waals surface area contributed by atoms with Gasteiger partial charge in [0, 0.05) is 29.8 Å². The summed E-state index contributed by atoms with van der Waals surface area (Å²) in [6, 6.07) is 0. The molecule has 0 fully saturated rings. The Morgan fingerprint density at radius 1 is 1.35 bits per heavy atom. The van der Waals surface area contributed by atoms with Crippen LogP contribution in [0.25, 0.3) is 0 Å². The van der Waals surface area contributed by atoms with Gasteiger partial charge in [-0.25, -0.2) is 4.99 Å². The molecule has 1 aliphatic carbocycles. The lowest BCUT2D eigenvalue weighted by molar-refractivity contribution is 0.864. The second-order valence-electron chi connectivity index (χ2n) is 4.56. The van der Waals surface area contributed by atoms with Crippen molar-refractivity contribution in [2.45, 2.75) is 6.42 Å². The molecule has 8 N–H and O–H groups in total. The molecule has 1 heterocycles. The van der Waals surface area contributed by atoms with E-state index in [2.05, 4.69) is 4.99 Å². The van der Waals surface area contributed by atoms with Crippen molar-refractivity contribution in [2.24, 2.45) is 28.1 Å². The highest BCUT2D eigenvalue weighted by molar-refractivity contribution is 6.50. The van der Waals surface area contributed by atoms with Gasteiger partial charge in [0.1, 0.15) is 5.84 Å². The maximum absolute atomic E-state index is 8.04. The van der Waals surface area contributed by atoms with Gasteiger partial charge >= 0.3 is 0 Å². The Bertz CT molecular complexity index is 603. The molecule has 20 heavy (non-hydrogen) atoms. The number of allylic oxidation sites excluding steroid dienone is 5. The molecule has 104 valence electrons. The molecule has 6 nitrogen and oxygen atoms in total. The lowest BCUT2D eigenvalue weighted by Gasteiger charge is -2.25. The zero-order chi connectivity index (χ0) is 14.7. The van der Waals surface area contributed by atoms with Gasteiger partial charge in [-0.05, 0) is 18.2 Å². The zero-order valence-corrected chi connectivity index (χ0v) is 11.1. The minimum absolute atomic E-state index is 0.175. The molecule has 0 aromatic heterocycles. The first-order valence-corrected chi connectivity index (χ1v) is 6.31. The van der Waals surface area contributed by atoms with E-state index >= 15 is 0 Å². The number of aliphatic imine (C=N–C) groups is 1. The molecule has 6 heteroatoms. The molecule has 0 spiro atoms. The van der Waals surface area contributed by atoms with Crippen LogP contribution in [0.15, 0.2) is 52.3 Å². The summed E-state index contributed by atoms with van der Waals surface area (Å²) in [4.78, 5) is 4.27. The summed E-state index contributed by atoms with van der Waals surface area (Å²) in [6.45, 7) is 0.475. The van der Waals surface area contributed by atoms with Crippen molar-refractivity contribution >= 4 is 17.3 Å². The molecule has 1 aliphatic heterocycles. The van der Waals surface area contributed by atoms with Crippen LogP contribution in [-0.4, -0.2) is 23.8 Å². The van der Waals surface area contributed by atoms with Crippen molar-refractivity contribution in [3.63, 3.8) is 0 Å². The Morgan fingerprint density at radius 2 is 2.10 bits per heavy atom. The van der Waals surface area contributed by atoms with Gasteiger partial charge in [0.15, 0.2) is 0 Å². The molecule has 0 saturated carbocycles. The molecule has 0 saturated heterocycles. The van der Waals surface area contributed by atoms with E-state index in [0.717, 1.165) is 5.70 Å². The second-order valence-corrected chi connectivity index (χ2v) is 4.56. The first kappa shape index (κ1) is 14.0. The summed E-state index contributed by atoms with van der Waals surface area (Å²) >= 11 is 0. The number of nitrogens with zero attached hydrogens (tertiary/aromatic N) is 1. The molecule has 0 amide bonds. The van der Waals surface area contributed by atoms with Crippen LogP contribution in [-0.2, 0) is 0 Å². The Hall–Kier alpha value is -2.47. The van der Waals surface area contributed by atoms with Gasteiger partial charge < -0.3 is 17.2 Å². The van der Waals surface area contributed by atoms with Gasteiger partial charge in [0.2, 0.25) is 0 Å². The highest BCUT2D eigenvalue weighted by atomic mass is 14.9. The third-order valence-electron chi connectivity index (χ3n) is 3.27. The van der Waals surface area contributed by atoms with Gasteiger partial charge in [-0.15, -0.1) is 0 Å². The summed E-state index contributed by atoms with van der Waals surface area (Å²) in [7, 11) is 0. The van der Waals surface area contributed by atoms with Crippen molar-refractivity contribution in [3.8, 4) is 0 Å². The van der Waals surface area contributed by atoms with Crippen LogP contribution >= 0.6 is 0 Å². The van der Waals surface area contributed by atoms with E-state index in [-0.39, 0.29) is 17.3 Å². The van der Waals surface area contributed by atoms with E-state index in [0.29, 0.717) is 29.9 Å². The van der Waals surface area contributed by atoms with E-state index in [4.69, 9.17) is 28.0 Å². The maximum atomic E-state index is 8.04. The summed E-state index contributed by atoms with van der Waals surface area (Å²) in [5.41, 5.74) is 19.6. The van der Waals surface area contributed by atoms with Gasteiger partial charge in [-0.3, -0.25) is 10.8 Å². The normalized spacial score (nSPS) is 24.6. The third-order valence-corrected chi connectivity index (χ3v) is 3.27. The Balaban J connectivity index is 2.45. The van der Waals surface area contributed by atoms with Crippen LogP contribution in [0.4, 0.5) is 0 Å². The van der Waals surface area contributed by atoms with Crippen LogP contribution in [0.2, 0.25) is 0 Å². The first-order valence-electron chi connectivity index (χ1n) is 6.31. The smallest absolute Gasteiger partial charge is 0.129 e. The van der Waals surface area contributed by atoms with Crippen LogP contribution in [0.1, 0.15) is 6.42 Å². The largest absolute Gasteiger partial charge is 0.404 e. The summed E-state index contributed by atoms with van der Waals surface area (Å²) in [6.07, 6.45) is 9.08. The molecule has 0 radical (unpaired) electrons. The molecule has 0 bridgehead atoms. The van der Waals surface area contributed by atoms with E-state index in [1.54, 1.807) is 12.2 Å². The van der Waals surface area contributed by atoms with Crippen LogP contribution in [0.3, 0.4) is 0 Å².